The lowest BCUT2D eigenvalue weighted by Crippen LogP contribution is -2.38. The maximum Gasteiger partial charge on any atom is 0.407 e. The Labute approximate surface area is 206 Å². The third-order valence-electron chi connectivity index (χ3n) is 6.18. The van der Waals surface area contributed by atoms with E-state index in [1.165, 1.54) is 11.1 Å². The van der Waals surface area contributed by atoms with Crippen molar-refractivity contribution >= 4 is 18.0 Å². The van der Waals surface area contributed by atoms with E-state index in [1.807, 2.05) is 24.3 Å². The Hall–Kier alpha value is -3.39. The van der Waals surface area contributed by atoms with E-state index in [9.17, 15) is 14.4 Å². The van der Waals surface area contributed by atoms with Crippen molar-refractivity contribution in [2.24, 2.45) is 5.92 Å². The summed E-state index contributed by atoms with van der Waals surface area (Å²) in [5.41, 5.74) is 4.69. The summed E-state index contributed by atoms with van der Waals surface area (Å²) in [6.45, 7) is 4.77. The monoisotopic (exact) mass is 482 g/mol. The van der Waals surface area contributed by atoms with Gasteiger partial charge in [-0.25, -0.2) is 4.79 Å². The molecule has 2 aromatic rings. The molecule has 8 heteroatoms. The molecule has 3 rings (SSSR count). The van der Waals surface area contributed by atoms with Crippen LogP contribution in [0.4, 0.5) is 4.79 Å². The van der Waals surface area contributed by atoms with E-state index in [1.54, 1.807) is 13.8 Å². The van der Waals surface area contributed by atoms with Crippen LogP contribution in [-0.4, -0.2) is 55.5 Å². The molecule has 3 N–H and O–H groups in total. The number of alkyl carbamates (subject to hydrolysis) is 1. The number of carboxylic acids is 1. The Morgan fingerprint density at radius 3 is 2.23 bits per heavy atom. The summed E-state index contributed by atoms with van der Waals surface area (Å²) in [6, 6.07) is 16.4. The smallest absolute Gasteiger partial charge is 0.407 e. The summed E-state index contributed by atoms with van der Waals surface area (Å²) < 4.78 is 10.9. The van der Waals surface area contributed by atoms with Gasteiger partial charge in [-0.15, -0.1) is 0 Å². The van der Waals surface area contributed by atoms with Crippen LogP contribution in [0.5, 0.6) is 0 Å². The van der Waals surface area contributed by atoms with Crippen molar-refractivity contribution < 1.29 is 29.0 Å². The number of rotatable bonds is 13. The quantitative estimate of drug-likeness (QED) is 0.373. The number of amides is 2. The predicted molar refractivity (Wildman–Crippen MR) is 132 cm³/mol. The van der Waals surface area contributed by atoms with Crippen LogP contribution in [0.1, 0.15) is 50.2 Å². The Balaban J connectivity index is 1.37. The molecule has 2 atom stereocenters. The third-order valence-corrected chi connectivity index (χ3v) is 6.18. The van der Waals surface area contributed by atoms with Crippen molar-refractivity contribution in [2.45, 2.75) is 45.1 Å². The number of carbonyl (C=O) groups excluding carboxylic acids is 2. The first-order chi connectivity index (χ1) is 16.9. The molecule has 2 aromatic carbocycles. The molecule has 0 heterocycles. The van der Waals surface area contributed by atoms with Gasteiger partial charge in [-0.2, -0.15) is 0 Å². The van der Waals surface area contributed by atoms with Crippen LogP contribution in [0, 0.1) is 5.92 Å². The third kappa shape index (κ3) is 7.29. The van der Waals surface area contributed by atoms with Gasteiger partial charge in [0, 0.05) is 31.5 Å². The van der Waals surface area contributed by atoms with Crippen LogP contribution in [0.3, 0.4) is 0 Å². The van der Waals surface area contributed by atoms with Gasteiger partial charge in [-0.3, -0.25) is 9.59 Å². The second-order valence-electron chi connectivity index (χ2n) is 8.72. The number of benzene rings is 2. The molecule has 1 aliphatic carbocycles. The van der Waals surface area contributed by atoms with Crippen molar-refractivity contribution in [2.75, 3.05) is 26.3 Å². The van der Waals surface area contributed by atoms with Crippen LogP contribution in [0.15, 0.2) is 48.5 Å². The van der Waals surface area contributed by atoms with Crippen LogP contribution >= 0.6 is 0 Å². The Bertz CT molecular complexity index is 979. The fourth-order valence-corrected chi connectivity index (χ4v) is 4.39. The molecule has 2 unspecified atom stereocenters. The lowest BCUT2D eigenvalue weighted by Gasteiger charge is -2.18. The number of hydrogen-bond donors (Lipinski definition) is 3. The first-order valence-corrected chi connectivity index (χ1v) is 12.1. The van der Waals surface area contributed by atoms with Gasteiger partial charge >= 0.3 is 12.1 Å². The highest BCUT2D eigenvalue weighted by atomic mass is 16.5. The van der Waals surface area contributed by atoms with Crippen molar-refractivity contribution in [1.29, 1.82) is 0 Å². The summed E-state index contributed by atoms with van der Waals surface area (Å²) in [4.78, 5) is 35.4. The first kappa shape index (κ1) is 26.2. The fraction of sp³-hybridized carbons (Fsp3) is 0.444. The average molecular weight is 483 g/mol. The largest absolute Gasteiger partial charge is 0.481 e. The second kappa shape index (κ2) is 12.9. The number of fused-ring (bicyclic) bond motifs is 3. The molecular weight excluding hydrogens is 448 g/mol. The maximum atomic E-state index is 12.3. The summed E-state index contributed by atoms with van der Waals surface area (Å²) in [5, 5.41) is 14.4. The zero-order chi connectivity index (χ0) is 25.2. The molecule has 35 heavy (non-hydrogen) atoms. The number of aliphatic carboxylic acids is 1. The number of hydrogen-bond acceptors (Lipinski definition) is 5. The topological polar surface area (TPSA) is 114 Å². The molecule has 0 fully saturated rings. The van der Waals surface area contributed by atoms with Crippen molar-refractivity contribution in [3.8, 4) is 11.1 Å². The standard InChI is InChI=1S/C27H34N2O6/c1-3-34-19(15-25(30)31)16-29-26(32)18(2)9-8-14-28-27(33)35-17-24-22-12-6-4-10-20(22)21-11-5-7-13-23(21)24/h4-7,10-13,18-19,24H,3,8-9,14-17H2,1-2H3,(H,28,33)(H,29,32)(H,30,31). The average Bonchev–Trinajstić information content (AvgIpc) is 3.17. The molecule has 188 valence electrons. The number of ether oxygens (including phenoxy) is 2. The Kier molecular flexibility index (Phi) is 9.66. The second-order valence-corrected chi connectivity index (χ2v) is 8.72. The summed E-state index contributed by atoms with van der Waals surface area (Å²) >= 11 is 0. The van der Waals surface area contributed by atoms with E-state index in [4.69, 9.17) is 14.6 Å². The maximum absolute atomic E-state index is 12.3. The molecule has 0 saturated heterocycles. The van der Waals surface area contributed by atoms with E-state index in [0.29, 0.717) is 26.0 Å². The highest BCUT2D eigenvalue weighted by molar-refractivity contribution is 5.79. The minimum Gasteiger partial charge on any atom is -0.481 e. The van der Waals surface area contributed by atoms with Crippen LogP contribution in [-0.2, 0) is 19.1 Å². The molecule has 1 aliphatic rings. The van der Waals surface area contributed by atoms with Gasteiger partial charge in [0.15, 0.2) is 0 Å². The number of carboxylic acid groups (broad SMARTS) is 1. The van der Waals surface area contributed by atoms with Crippen molar-refractivity contribution in [3.05, 3.63) is 59.7 Å². The fourth-order valence-electron chi connectivity index (χ4n) is 4.39. The molecule has 0 aromatic heterocycles. The molecule has 0 aliphatic heterocycles. The minimum atomic E-state index is -0.968. The predicted octanol–water partition coefficient (Wildman–Crippen LogP) is 3.94. The van der Waals surface area contributed by atoms with Crippen LogP contribution in [0.2, 0.25) is 0 Å². The van der Waals surface area contributed by atoms with Gasteiger partial charge in [-0.05, 0) is 42.0 Å². The van der Waals surface area contributed by atoms with Crippen molar-refractivity contribution in [1.82, 2.24) is 10.6 Å². The highest BCUT2D eigenvalue weighted by Crippen LogP contribution is 2.44. The number of carbonyl (C=O) groups is 3. The number of nitrogens with one attached hydrogen (secondary N) is 2. The van der Waals surface area contributed by atoms with Gasteiger partial charge < -0.3 is 25.2 Å². The molecule has 0 saturated carbocycles. The van der Waals surface area contributed by atoms with E-state index in [2.05, 4.69) is 34.9 Å². The van der Waals surface area contributed by atoms with E-state index >= 15 is 0 Å². The van der Waals surface area contributed by atoms with Gasteiger partial charge in [0.1, 0.15) is 6.61 Å². The lowest BCUT2D eigenvalue weighted by molar-refractivity contribution is -0.140. The highest BCUT2D eigenvalue weighted by Gasteiger charge is 2.29. The van der Waals surface area contributed by atoms with Crippen LogP contribution < -0.4 is 10.6 Å². The zero-order valence-electron chi connectivity index (χ0n) is 20.3. The van der Waals surface area contributed by atoms with Gasteiger partial charge in [-0.1, -0.05) is 55.5 Å². The zero-order valence-corrected chi connectivity index (χ0v) is 20.3. The molecule has 0 bridgehead atoms. The lowest BCUT2D eigenvalue weighted by atomic mass is 9.98. The van der Waals surface area contributed by atoms with Crippen molar-refractivity contribution in [3.63, 3.8) is 0 Å². The van der Waals surface area contributed by atoms with Gasteiger partial charge in [0.2, 0.25) is 5.91 Å². The molecule has 2 amide bonds. The minimum absolute atomic E-state index is 0.0125. The van der Waals surface area contributed by atoms with Gasteiger partial charge in [0.25, 0.3) is 0 Å². The van der Waals surface area contributed by atoms with E-state index < -0.39 is 18.2 Å². The normalized spacial score (nSPS) is 13.9. The summed E-state index contributed by atoms with van der Waals surface area (Å²) in [5.74, 6) is -1.39. The van der Waals surface area contributed by atoms with Crippen LogP contribution in [0.25, 0.3) is 11.1 Å². The van der Waals surface area contributed by atoms with E-state index in [0.717, 1.165) is 11.1 Å². The SMILES string of the molecule is CCOC(CNC(=O)C(C)CCCNC(=O)OCC1c2ccccc2-c2ccccc21)CC(=O)O. The molecule has 0 radical (unpaired) electrons. The van der Waals surface area contributed by atoms with Gasteiger partial charge in [0.05, 0.1) is 12.5 Å². The molecule has 8 nitrogen and oxygen atoms in total. The Morgan fingerprint density at radius 2 is 1.63 bits per heavy atom. The van der Waals surface area contributed by atoms with E-state index in [-0.39, 0.29) is 37.3 Å². The first-order valence-electron chi connectivity index (χ1n) is 12.1. The summed E-state index contributed by atoms with van der Waals surface area (Å²) in [6.07, 6.45) is 0.00405. The Morgan fingerprint density at radius 1 is 1.00 bits per heavy atom. The molecule has 0 spiro atoms. The molecular formula is C27H34N2O6. The summed E-state index contributed by atoms with van der Waals surface area (Å²) in [7, 11) is 0.